The maximum absolute atomic E-state index is 14.3. The first kappa shape index (κ1) is 22.3. The first-order chi connectivity index (χ1) is 13.4. The van der Waals surface area contributed by atoms with Crippen molar-refractivity contribution in [1.29, 1.82) is 0 Å². The fraction of sp³-hybridized carbons (Fsp3) is 0.375. The van der Waals surface area contributed by atoms with Gasteiger partial charge < -0.3 is 9.47 Å². The van der Waals surface area contributed by atoms with Crippen molar-refractivity contribution in [2.24, 2.45) is 4.99 Å². The van der Waals surface area contributed by atoms with E-state index in [0.29, 0.717) is 6.92 Å². The topological polar surface area (TPSA) is 73.9 Å². The third-order valence-corrected chi connectivity index (χ3v) is 3.65. The van der Waals surface area contributed by atoms with Gasteiger partial charge in [-0.15, -0.1) is 10.2 Å². The second-order valence-corrected chi connectivity index (χ2v) is 5.69. The van der Waals surface area contributed by atoms with Gasteiger partial charge in [-0.3, -0.25) is 9.38 Å². The highest BCUT2D eigenvalue weighted by Gasteiger charge is 2.39. The molecule has 7 nitrogen and oxygen atoms in total. The van der Waals surface area contributed by atoms with Gasteiger partial charge in [-0.05, 0) is 32.2 Å². The maximum Gasteiger partial charge on any atom is 0.425 e. The summed E-state index contributed by atoms with van der Waals surface area (Å²) >= 11 is 0. The molecule has 0 unspecified atom stereocenters. The van der Waals surface area contributed by atoms with Crippen LogP contribution in [0.1, 0.15) is 25.4 Å². The van der Waals surface area contributed by atoms with Crippen LogP contribution in [0.2, 0.25) is 0 Å². The summed E-state index contributed by atoms with van der Waals surface area (Å²) < 4.78 is 89.0. The monoisotopic (exact) mass is 423 g/mol. The molecule has 2 aromatic rings. The van der Waals surface area contributed by atoms with E-state index >= 15 is 0 Å². The minimum absolute atomic E-state index is 0.00730. The predicted molar refractivity (Wildman–Crippen MR) is 89.6 cm³/mol. The number of alkyl halides is 5. The van der Waals surface area contributed by atoms with Gasteiger partial charge in [0.15, 0.2) is 17.6 Å². The molecule has 2 aromatic heterocycles. The van der Waals surface area contributed by atoms with Crippen molar-refractivity contribution in [2.45, 2.75) is 32.2 Å². The molecular weight excluding hydrogens is 408 g/mol. The standard InChI is InChI=1S/C16H15F6N5O2/c1-8(5-10(17)13(23-3)29-9(2)15(18,19)20)11-7-27-12(6-24-11)25-26-14(27)16(21,22)28-4/h5-7,9H,3H2,1-2,4H3/b8-5+,13-10-/t9-/m0/s1. The SMILES string of the molecule is C=N/C(O[C@@H](C)C(F)(F)F)=C(F)\C=C(/C)c1cn2c(C(F)(F)OC)nnc2cn1. The molecule has 158 valence electrons. The Kier molecular flexibility index (Phi) is 6.30. The summed E-state index contributed by atoms with van der Waals surface area (Å²) in [5.74, 6) is -3.08. The molecule has 0 aliphatic carbocycles. The number of methoxy groups -OCH3 is 1. The lowest BCUT2D eigenvalue weighted by molar-refractivity contribution is -0.237. The normalized spacial score (nSPS) is 15.3. The van der Waals surface area contributed by atoms with Crippen molar-refractivity contribution < 1.29 is 35.8 Å². The van der Waals surface area contributed by atoms with E-state index in [2.05, 4.69) is 36.4 Å². The Morgan fingerprint density at radius 2 is 1.93 bits per heavy atom. The molecule has 0 spiro atoms. The van der Waals surface area contributed by atoms with Gasteiger partial charge in [0, 0.05) is 13.3 Å². The van der Waals surface area contributed by atoms with Crippen LogP contribution in [0.25, 0.3) is 11.2 Å². The van der Waals surface area contributed by atoms with Gasteiger partial charge in [0.05, 0.1) is 11.9 Å². The van der Waals surface area contributed by atoms with Crippen LogP contribution >= 0.6 is 0 Å². The largest absolute Gasteiger partial charge is 0.463 e. The molecule has 0 amide bonds. The number of aliphatic imine (C=N–C) groups is 1. The lowest BCUT2D eigenvalue weighted by atomic mass is 10.2. The van der Waals surface area contributed by atoms with E-state index in [1.54, 1.807) is 0 Å². The molecule has 2 rings (SSSR count). The van der Waals surface area contributed by atoms with Gasteiger partial charge in [-0.2, -0.15) is 22.0 Å². The molecule has 0 bridgehead atoms. The molecule has 1 atom stereocenters. The fourth-order valence-electron chi connectivity index (χ4n) is 2.02. The summed E-state index contributed by atoms with van der Waals surface area (Å²) in [7, 11) is 0.778. The van der Waals surface area contributed by atoms with E-state index in [0.717, 1.165) is 30.0 Å². The number of rotatable bonds is 7. The number of fused-ring (bicyclic) bond motifs is 1. The van der Waals surface area contributed by atoms with Crippen LogP contribution in [0.15, 0.2) is 35.2 Å². The maximum atomic E-state index is 14.3. The third kappa shape index (κ3) is 4.91. The van der Waals surface area contributed by atoms with Gasteiger partial charge in [0.1, 0.15) is 0 Å². The Morgan fingerprint density at radius 1 is 1.28 bits per heavy atom. The molecule has 13 heteroatoms. The molecule has 29 heavy (non-hydrogen) atoms. The lowest BCUT2D eigenvalue weighted by Crippen LogP contribution is -2.28. The van der Waals surface area contributed by atoms with Crippen molar-refractivity contribution in [3.8, 4) is 0 Å². The van der Waals surface area contributed by atoms with Crippen molar-refractivity contribution in [3.63, 3.8) is 0 Å². The molecule has 0 saturated heterocycles. The summed E-state index contributed by atoms with van der Waals surface area (Å²) in [6.07, 6.45) is -7.84. The fourth-order valence-corrected chi connectivity index (χ4v) is 2.02. The van der Waals surface area contributed by atoms with Crippen LogP contribution in [0.3, 0.4) is 0 Å². The third-order valence-electron chi connectivity index (χ3n) is 3.65. The summed E-state index contributed by atoms with van der Waals surface area (Å²) in [6.45, 7) is 5.00. The van der Waals surface area contributed by atoms with E-state index in [-0.39, 0.29) is 16.9 Å². The molecule has 0 saturated carbocycles. The minimum Gasteiger partial charge on any atom is -0.463 e. The number of halogens is 6. The zero-order chi connectivity index (χ0) is 22.0. The molecule has 0 aliphatic heterocycles. The highest BCUT2D eigenvalue weighted by Crippen LogP contribution is 2.29. The number of allylic oxidation sites excluding steroid dienone is 3. The van der Waals surface area contributed by atoms with E-state index in [9.17, 15) is 26.3 Å². The van der Waals surface area contributed by atoms with E-state index in [4.69, 9.17) is 0 Å². The second kappa shape index (κ2) is 8.19. The predicted octanol–water partition coefficient (Wildman–Crippen LogP) is 4.03. The van der Waals surface area contributed by atoms with Gasteiger partial charge >= 0.3 is 12.3 Å². The van der Waals surface area contributed by atoms with Crippen LogP contribution in [0, 0.1) is 0 Å². The van der Waals surface area contributed by atoms with Crippen LogP contribution in [0.4, 0.5) is 26.3 Å². The van der Waals surface area contributed by atoms with Crippen LogP contribution in [-0.4, -0.2) is 45.7 Å². The summed E-state index contributed by atoms with van der Waals surface area (Å²) in [4.78, 5) is 7.05. The summed E-state index contributed by atoms with van der Waals surface area (Å²) in [6, 6.07) is 0. The van der Waals surface area contributed by atoms with E-state index in [1.165, 1.54) is 6.92 Å². The minimum atomic E-state index is -4.74. The molecule has 0 fully saturated rings. The first-order valence-corrected chi connectivity index (χ1v) is 7.83. The van der Waals surface area contributed by atoms with Crippen LogP contribution in [0.5, 0.6) is 0 Å². The van der Waals surface area contributed by atoms with Crippen LogP contribution < -0.4 is 0 Å². The second-order valence-electron chi connectivity index (χ2n) is 5.69. The van der Waals surface area contributed by atoms with Gasteiger partial charge in [-0.25, -0.2) is 9.38 Å². The number of hydrogen-bond acceptors (Lipinski definition) is 6. The summed E-state index contributed by atoms with van der Waals surface area (Å²) in [5.41, 5.74) is 0.0437. The zero-order valence-corrected chi connectivity index (χ0v) is 15.3. The van der Waals surface area contributed by atoms with Crippen molar-refractivity contribution in [2.75, 3.05) is 7.11 Å². The smallest absolute Gasteiger partial charge is 0.425 e. The molecule has 2 heterocycles. The molecular formula is C16H15F6N5O2. The molecule has 0 radical (unpaired) electrons. The Bertz CT molecular complexity index is 966. The zero-order valence-electron chi connectivity index (χ0n) is 15.3. The number of ether oxygens (including phenoxy) is 2. The van der Waals surface area contributed by atoms with E-state index < -0.39 is 35.9 Å². The van der Waals surface area contributed by atoms with Crippen molar-refractivity contribution in [1.82, 2.24) is 19.6 Å². The van der Waals surface area contributed by atoms with Gasteiger partial charge in [0.2, 0.25) is 11.7 Å². The van der Waals surface area contributed by atoms with Crippen molar-refractivity contribution in [3.05, 3.63) is 41.7 Å². The van der Waals surface area contributed by atoms with E-state index in [1.807, 2.05) is 0 Å². The first-order valence-electron chi connectivity index (χ1n) is 7.83. The number of hydrogen-bond donors (Lipinski definition) is 0. The average molecular weight is 423 g/mol. The van der Waals surface area contributed by atoms with Gasteiger partial charge in [0.25, 0.3) is 0 Å². The summed E-state index contributed by atoms with van der Waals surface area (Å²) in [5, 5.41) is 6.87. The highest BCUT2D eigenvalue weighted by molar-refractivity contribution is 5.63. The van der Waals surface area contributed by atoms with Crippen molar-refractivity contribution >= 4 is 17.9 Å². The van der Waals surface area contributed by atoms with Crippen LogP contribution in [-0.2, 0) is 15.6 Å². The molecule has 0 aliphatic rings. The number of aromatic nitrogens is 4. The Hall–Kier alpha value is -2.96. The Morgan fingerprint density at radius 3 is 2.48 bits per heavy atom. The Balaban J connectivity index is 2.43. The lowest BCUT2D eigenvalue weighted by Gasteiger charge is -2.17. The quantitative estimate of drug-likeness (QED) is 0.291. The highest BCUT2D eigenvalue weighted by atomic mass is 19.4. The molecule has 0 N–H and O–H groups in total. The number of nitrogens with zero attached hydrogens (tertiary/aromatic N) is 5. The average Bonchev–Trinajstić information content (AvgIpc) is 3.08. The molecule has 0 aromatic carbocycles. The Labute approximate surface area is 160 Å². The van der Waals surface area contributed by atoms with Gasteiger partial charge in [-0.1, -0.05) is 0 Å².